The van der Waals surface area contributed by atoms with Crippen molar-refractivity contribution < 1.29 is 18.0 Å². The van der Waals surface area contributed by atoms with Gasteiger partial charge < -0.3 is 21.3 Å². The molecule has 0 atom stereocenters. The van der Waals surface area contributed by atoms with E-state index in [0.29, 0.717) is 53.4 Å². The number of nitrogens with zero attached hydrogens (tertiary/aromatic N) is 1. The highest BCUT2D eigenvalue weighted by atomic mass is 32.2. The van der Waals surface area contributed by atoms with E-state index in [1.165, 1.54) is 19.1 Å². The maximum atomic E-state index is 13.4. The lowest BCUT2D eigenvalue weighted by atomic mass is 10.00. The molecule has 9 nitrogen and oxygen atoms in total. The highest BCUT2D eigenvalue weighted by Gasteiger charge is 2.30. The molecule has 0 aromatic heterocycles. The molecule has 0 saturated heterocycles. The molecule has 0 spiro atoms. The molecule has 1 aliphatic heterocycles. The van der Waals surface area contributed by atoms with Gasteiger partial charge in [0.1, 0.15) is 0 Å². The molecule has 0 unspecified atom stereocenters. The van der Waals surface area contributed by atoms with Gasteiger partial charge in [0.2, 0.25) is 5.91 Å². The molecule has 42 heavy (non-hydrogen) atoms. The van der Waals surface area contributed by atoms with Gasteiger partial charge in [-0.05, 0) is 73.1 Å². The fourth-order valence-corrected chi connectivity index (χ4v) is 5.84. The zero-order valence-electron chi connectivity index (χ0n) is 23.0. The van der Waals surface area contributed by atoms with Crippen LogP contribution in [0.15, 0.2) is 108 Å². The van der Waals surface area contributed by atoms with Crippen molar-refractivity contribution in [3.05, 3.63) is 114 Å². The van der Waals surface area contributed by atoms with E-state index in [-0.39, 0.29) is 16.7 Å². The van der Waals surface area contributed by atoms with Gasteiger partial charge in [-0.1, -0.05) is 48.5 Å². The molecule has 0 bridgehead atoms. The second-order valence-corrected chi connectivity index (χ2v) is 11.4. The van der Waals surface area contributed by atoms with Gasteiger partial charge in [-0.25, -0.2) is 8.42 Å². The van der Waals surface area contributed by atoms with Crippen molar-refractivity contribution in [2.75, 3.05) is 33.3 Å². The van der Waals surface area contributed by atoms with Gasteiger partial charge in [-0.2, -0.15) is 0 Å². The fraction of sp³-hybridized carbons (Fsp3) is 0.125. The van der Waals surface area contributed by atoms with Crippen LogP contribution in [0.1, 0.15) is 24.5 Å². The maximum absolute atomic E-state index is 13.4. The largest absolute Gasteiger partial charge is 0.354 e. The Kier molecular flexibility index (Phi) is 8.37. The molecule has 0 aliphatic carbocycles. The Labute approximate surface area is 245 Å². The number of carbonyl (C=O) groups is 2. The first-order chi connectivity index (χ1) is 20.3. The topological polar surface area (TPSA) is 134 Å². The third kappa shape index (κ3) is 6.19. The van der Waals surface area contributed by atoms with Crippen molar-refractivity contribution in [2.24, 2.45) is 5.73 Å². The first-order valence-electron chi connectivity index (χ1n) is 13.5. The van der Waals surface area contributed by atoms with E-state index in [0.717, 1.165) is 11.3 Å². The number of para-hydroxylation sites is 1. The summed E-state index contributed by atoms with van der Waals surface area (Å²) >= 11 is 0. The maximum Gasteiger partial charge on any atom is 0.261 e. The van der Waals surface area contributed by atoms with E-state index in [9.17, 15) is 18.0 Å². The summed E-state index contributed by atoms with van der Waals surface area (Å²) in [6.07, 6.45) is 0.678. The number of nitrogens with one attached hydrogen (secondary N) is 3. The average Bonchev–Trinajstić information content (AvgIpc) is 3.32. The van der Waals surface area contributed by atoms with Crippen molar-refractivity contribution in [1.82, 2.24) is 0 Å². The molecule has 5 N–H and O–H groups in total. The summed E-state index contributed by atoms with van der Waals surface area (Å²) in [4.78, 5) is 27.3. The van der Waals surface area contributed by atoms with E-state index < -0.39 is 10.0 Å². The zero-order chi connectivity index (χ0) is 29.7. The Balaban J connectivity index is 1.55. The van der Waals surface area contributed by atoms with Crippen molar-refractivity contribution in [3.8, 4) is 0 Å². The lowest BCUT2D eigenvalue weighted by Crippen LogP contribution is -2.30. The molecular formula is C32H31N5O4S. The molecular weight excluding hydrogens is 550 g/mol. The number of rotatable bonds is 10. The molecule has 1 heterocycles. The summed E-state index contributed by atoms with van der Waals surface area (Å²) in [6.45, 7) is 2.51. The molecule has 4 aromatic carbocycles. The SMILES string of the molecule is CC(=O)N(CCCN)c1ccc(N/C(=C2\C(=O)Nc3ccc(S(=O)(=O)Nc4ccccc4)cc32)c2ccccc2)cc1. The van der Waals surface area contributed by atoms with Crippen LogP contribution >= 0.6 is 0 Å². The zero-order valence-corrected chi connectivity index (χ0v) is 23.8. The minimum Gasteiger partial charge on any atom is -0.354 e. The Hall–Kier alpha value is -4.93. The lowest BCUT2D eigenvalue weighted by Gasteiger charge is -2.21. The van der Waals surface area contributed by atoms with Crippen LogP contribution < -0.4 is 26.0 Å². The number of fused-ring (bicyclic) bond motifs is 1. The highest BCUT2D eigenvalue weighted by Crippen LogP contribution is 2.39. The summed E-state index contributed by atoms with van der Waals surface area (Å²) in [5, 5.41) is 6.24. The normalized spacial score (nSPS) is 13.6. The molecule has 2 amide bonds. The number of nitrogens with two attached hydrogens (primary N) is 1. The Bertz CT molecular complexity index is 1740. The summed E-state index contributed by atoms with van der Waals surface area (Å²) in [7, 11) is -3.92. The lowest BCUT2D eigenvalue weighted by molar-refractivity contribution is -0.116. The molecule has 10 heteroatoms. The van der Waals surface area contributed by atoms with Crippen LogP contribution in [0.2, 0.25) is 0 Å². The van der Waals surface area contributed by atoms with E-state index in [4.69, 9.17) is 5.73 Å². The van der Waals surface area contributed by atoms with Crippen LogP contribution in [0, 0.1) is 0 Å². The van der Waals surface area contributed by atoms with Gasteiger partial charge in [-0.3, -0.25) is 14.3 Å². The average molecular weight is 582 g/mol. The molecule has 1 aliphatic rings. The van der Waals surface area contributed by atoms with Crippen LogP contribution in [0.3, 0.4) is 0 Å². The second-order valence-electron chi connectivity index (χ2n) is 9.73. The van der Waals surface area contributed by atoms with Crippen LogP contribution in [0.4, 0.5) is 22.7 Å². The van der Waals surface area contributed by atoms with E-state index in [2.05, 4.69) is 15.4 Å². The summed E-state index contributed by atoms with van der Waals surface area (Å²) < 4.78 is 29.1. The number of sulfonamides is 1. The molecule has 4 aromatic rings. The van der Waals surface area contributed by atoms with Crippen molar-refractivity contribution in [3.63, 3.8) is 0 Å². The quantitative estimate of drug-likeness (QED) is 0.192. The van der Waals surface area contributed by atoms with Crippen LogP contribution in [0.25, 0.3) is 11.3 Å². The number of carbonyl (C=O) groups excluding carboxylic acids is 2. The van der Waals surface area contributed by atoms with Gasteiger partial charge in [0, 0.05) is 41.8 Å². The Morgan fingerprint density at radius 1 is 0.881 bits per heavy atom. The minimum absolute atomic E-state index is 0.0256. The Morgan fingerprint density at radius 2 is 1.55 bits per heavy atom. The van der Waals surface area contributed by atoms with Gasteiger partial charge in [-0.15, -0.1) is 0 Å². The van der Waals surface area contributed by atoms with E-state index in [1.54, 1.807) is 41.3 Å². The van der Waals surface area contributed by atoms with E-state index in [1.807, 2.05) is 54.6 Å². The van der Waals surface area contributed by atoms with Crippen LogP contribution in [-0.4, -0.2) is 33.3 Å². The molecule has 0 fully saturated rings. The van der Waals surface area contributed by atoms with Crippen molar-refractivity contribution in [2.45, 2.75) is 18.2 Å². The van der Waals surface area contributed by atoms with Crippen molar-refractivity contribution in [1.29, 1.82) is 0 Å². The number of hydrogen-bond donors (Lipinski definition) is 4. The number of benzene rings is 4. The molecule has 214 valence electrons. The summed E-state index contributed by atoms with van der Waals surface area (Å²) in [5.74, 6) is -0.439. The third-order valence-corrected chi connectivity index (χ3v) is 8.18. The third-order valence-electron chi connectivity index (χ3n) is 6.80. The van der Waals surface area contributed by atoms with E-state index >= 15 is 0 Å². The number of anilines is 4. The van der Waals surface area contributed by atoms with Crippen LogP contribution in [0.5, 0.6) is 0 Å². The van der Waals surface area contributed by atoms with Gasteiger partial charge >= 0.3 is 0 Å². The number of amides is 2. The van der Waals surface area contributed by atoms with Crippen molar-refractivity contribution >= 4 is 55.9 Å². The molecule has 0 saturated carbocycles. The predicted octanol–water partition coefficient (Wildman–Crippen LogP) is 5.12. The van der Waals surface area contributed by atoms with Crippen LogP contribution in [-0.2, 0) is 19.6 Å². The summed E-state index contributed by atoms with van der Waals surface area (Å²) in [5.41, 5.74) is 10.0. The standard InChI is InChI=1S/C32H31N5O4S/c1-22(38)37(20-8-19-33)26-15-13-24(14-16-26)34-31(23-9-4-2-5-10-23)30-28-21-27(17-18-29(28)35-32(30)39)42(40,41)36-25-11-6-3-7-12-25/h2-7,9-18,21,34,36H,8,19-20,33H2,1H3,(H,35,39)/b31-30-. The van der Waals surface area contributed by atoms with Gasteiger partial charge in [0.05, 0.1) is 16.2 Å². The smallest absolute Gasteiger partial charge is 0.261 e. The number of hydrogen-bond acceptors (Lipinski definition) is 6. The fourth-order valence-electron chi connectivity index (χ4n) is 4.75. The first-order valence-corrected chi connectivity index (χ1v) is 14.9. The van der Waals surface area contributed by atoms with Gasteiger partial charge in [0.25, 0.3) is 15.9 Å². The second kappa shape index (κ2) is 12.3. The predicted molar refractivity (Wildman–Crippen MR) is 167 cm³/mol. The summed E-state index contributed by atoms with van der Waals surface area (Å²) in [6, 6.07) is 29.8. The molecule has 0 radical (unpaired) electrons. The highest BCUT2D eigenvalue weighted by molar-refractivity contribution is 7.92. The molecule has 5 rings (SSSR count). The van der Waals surface area contributed by atoms with Gasteiger partial charge in [0.15, 0.2) is 0 Å². The minimum atomic E-state index is -3.92. The Morgan fingerprint density at radius 3 is 2.19 bits per heavy atom. The monoisotopic (exact) mass is 581 g/mol. The first kappa shape index (κ1) is 28.6.